The Kier molecular flexibility index (Phi) is 3.55. The molecule has 7 heteroatoms. The molecule has 0 saturated heterocycles. The molecule has 1 aromatic heterocycles. The molecule has 3 rings (SSSR count). The average molecular weight is 325 g/mol. The lowest BCUT2D eigenvalue weighted by atomic mass is 10.2. The van der Waals surface area contributed by atoms with E-state index in [-0.39, 0.29) is 5.69 Å². The first-order valence-corrected chi connectivity index (χ1v) is 7.34. The maximum atomic E-state index is 12.3. The molecule has 1 fully saturated rings. The summed E-state index contributed by atoms with van der Waals surface area (Å²) in [6.07, 6.45) is 2.14. The highest BCUT2D eigenvalue weighted by molar-refractivity contribution is 6.40. The first kappa shape index (κ1) is 14.2. The number of rotatable bonds is 3. The smallest absolute Gasteiger partial charge is 0.278 e. The number of nitrogens with two attached hydrogens (primary N) is 1. The number of carbonyl (C=O) groups is 1. The van der Waals surface area contributed by atoms with E-state index in [1.54, 1.807) is 12.1 Å². The summed E-state index contributed by atoms with van der Waals surface area (Å²) >= 11 is 12.3. The summed E-state index contributed by atoms with van der Waals surface area (Å²) in [4.78, 5) is 12.3. The third-order valence-electron chi connectivity index (χ3n) is 3.56. The number of benzene rings is 1. The van der Waals surface area contributed by atoms with Crippen molar-refractivity contribution in [3.05, 3.63) is 39.1 Å². The molecule has 1 aromatic carbocycles. The highest BCUT2D eigenvalue weighted by Gasteiger charge is 2.30. The normalized spacial score (nSPS) is 14.2. The van der Waals surface area contributed by atoms with Gasteiger partial charge in [0.15, 0.2) is 5.69 Å². The Labute approximate surface area is 131 Å². The van der Waals surface area contributed by atoms with Crippen molar-refractivity contribution < 1.29 is 4.79 Å². The molecule has 0 atom stereocenters. The first-order valence-electron chi connectivity index (χ1n) is 6.58. The molecule has 2 aromatic rings. The van der Waals surface area contributed by atoms with Crippen LogP contribution in [0.1, 0.15) is 40.5 Å². The lowest BCUT2D eigenvalue weighted by Gasteiger charge is -2.10. The van der Waals surface area contributed by atoms with E-state index < -0.39 is 5.91 Å². The van der Waals surface area contributed by atoms with Gasteiger partial charge >= 0.3 is 0 Å². The van der Waals surface area contributed by atoms with Gasteiger partial charge in [-0.05, 0) is 31.4 Å². The number of aromatic amines is 1. The van der Waals surface area contributed by atoms with Crippen molar-refractivity contribution in [3.63, 3.8) is 0 Å². The third-order valence-corrected chi connectivity index (χ3v) is 4.36. The zero-order chi connectivity index (χ0) is 15.1. The van der Waals surface area contributed by atoms with E-state index in [2.05, 4.69) is 15.5 Å². The Morgan fingerprint density at radius 1 is 1.43 bits per heavy atom. The second-order valence-electron chi connectivity index (χ2n) is 5.18. The number of aryl methyl sites for hydroxylation is 1. The van der Waals surface area contributed by atoms with Crippen LogP contribution in [0.25, 0.3) is 0 Å². The predicted molar refractivity (Wildman–Crippen MR) is 84.1 cm³/mol. The van der Waals surface area contributed by atoms with Gasteiger partial charge in [0.1, 0.15) is 0 Å². The van der Waals surface area contributed by atoms with E-state index in [0.717, 1.165) is 24.1 Å². The van der Waals surface area contributed by atoms with Crippen LogP contribution in [0.15, 0.2) is 12.1 Å². The minimum atomic E-state index is -0.426. The molecule has 1 heterocycles. The third kappa shape index (κ3) is 2.59. The van der Waals surface area contributed by atoms with Gasteiger partial charge in [-0.2, -0.15) is 5.10 Å². The average Bonchev–Trinajstić information content (AvgIpc) is 3.22. The Balaban J connectivity index is 1.89. The van der Waals surface area contributed by atoms with Gasteiger partial charge in [0.2, 0.25) is 0 Å². The topological polar surface area (TPSA) is 83.8 Å². The summed E-state index contributed by atoms with van der Waals surface area (Å²) in [5.74, 6) is -0.0322. The molecule has 0 radical (unpaired) electrons. The van der Waals surface area contributed by atoms with Crippen LogP contribution in [0, 0.1) is 6.92 Å². The lowest BCUT2D eigenvalue weighted by molar-refractivity contribution is 0.102. The van der Waals surface area contributed by atoms with E-state index in [1.165, 1.54) is 0 Å². The molecular formula is C14H14Cl2N4O. The predicted octanol–water partition coefficient (Wildman–Crippen LogP) is 3.74. The van der Waals surface area contributed by atoms with E-state index in [1.807, 2.05) is 6.92 Å². The van der Waals surface area contributed by atoms with Crippen LogP contribution < -0.4 is 11.1 Å². The minimum absolute atomic E-state index is 0.172. The SMILES string of the molecule is Cc1ccc(Cl)c(NC(=O)c2n[nH]c(C3CC3)c2N)c1Cl. The van der Waals surface area contributed by atoms with Gasteiger partial charge in [-0.15, -0.1) is 0 Å². The van der Waals surface area contributed by atoms with Crippen molar-refractivity contribution in [1.29, 1.82) is 0 Å². The Hall–Kier alpha value is -1.72. The number of hydrogen-bond donors (Lipinski definition) is 3. The largest absolute Gasteiger partial charge is 0.395 e. The number of nitrogen functional groups attached to an aromatic ring is 1. The van der Waals surface area contributed by atoms with Crippen molar-refractivity contribution in [3.8, 4) is 0 Å². The molecule has 1 aliphatic carbocycles. The molecule has 0 spiro atoms. The Bertz CT molecular complexity index is 722. The summed E-state index contributed by atoms with van der Waals surface area (Å²) in [6, 6.07) is 3.47. The van der Waals surface area contributed by atoms with E-state index in [4.69, 9.17) is 28.9 Å². The molecule has 0 unspecified atom stereocenters. The van der Waals surface area contributed by atoms with Crippen LogP contribution in [-0.2, 0) is 0 Å². The van der Waals surface area contributed by atoms with Gasteiger partial charge in [-0.1, -0.05) is 29.3 Å². The highest BCUT2D eigenvalue weighted by Crippen LogP contribution is 2.42. The molecular weight excluding hydrogens is 311 g/mol. The number of aromatic nitrogens is 2. The number of carbonyl (C=O) groups excluding carboxylic acids is 1. The molecule has 4 N–H and O–H groups in total. The van der Waals surface area contributed by atoms with Gasteiger partial charge in [-0.3, -0.25) is 9.89 Å². The van der Waals surface area contributed by atoms with Crippen molar-refractivity contribution in [2.45, 2.75) is 25.7 Å². The Morgan fingerprint density at radius 3 is 2.81 bits per heavy atom. The number of nitrogens with zero attached hydrogens (tertiary/aromatic N) is 1. The number of nitrogens with one attached hydrogen (secondary N) is 2. The first-order chi connectivity index (χ1) is 9.99. The zero-order valence-electron chi connectivity index (χ0n) is 11.3. The van der Waals surface area contributed by atoms with Gasteiger partial charge in [0.25, 0.3) is 5.91 Å². The second kappa shape index (κ2) is 5.24. The molecule has 5 nitrogen and oxygen atoms in total. The van der Waals surface area contributed by atoms with E-state index >= 15 is 0 Å². The Morgan fingerprint density at radius 2 is 2.14 bits per heavy atom. The molecule has 110 valence electrons. The number of halogens is 2. The minimum Gasteiger partial charge on any atom is -0.395 e. The van der Waals surface area contributed by atoms with Crippen LogP contribution in [0.3, 0.4) is 0 Å². The fourth-order valence-electron chi connectivity index (χ4n) is 2.16. The summed E-state index contributed by atoms with van der Waals surface area (Å²) in [5, 5.41) is 10.3. The maximum absolute atomic E-state index is 12.3. The second-order valence-corrected chi connectivity index (χ2v) is 5.97. The van der Waals surface area contributed by atoms with Crippen LogP contribution >= 0.6 is 23.2 Å². The summed E-state index contributed by atoms with van der Waals surface area (Å²) in [7, 11) is 0. The standard InChI is InChI=1S/C14H14Cl2N4O/c1-6-2-5-8(15)12(9(6)16)18-14(21)13-10(17)11(19-20-13)7-3-4-7/h2,5,7H,3-4,17H2,1H3,(H,18,21)(H,19,20). The summed E-state index contributed by atoms with van der Waals surface area (Å²) < 4.78 is 0. The molecule has 1 aliphatic rings. The molecule has 21 heavy (non-hydrogen) atoms. The van der Waals surface area contributed by atoms with Gasteiger partial charge in [-0.25, -0.2) is 0 Å². The lowest BCUT2D eigenvalue weighted by Crippen LogP contribution is -2.15. The van der Waals surface area contributed by atoms with E-state index in [9.17, 15) is 4.79 Å². The van der Waals surface area contributed by atoms with Crippen molar-refractivity contribution in [1.82, 2.24) is 10.2 Å². The number of amides is 1. The van der Waals surface area contributed by atoms with Crippen molar-refractivity contribution in [2.75, 3.05) is 11.1 Å². The molecule has 0 bridgehead atoms. The van der Waals surface area contributed by atoms with Gasteiger partial charge < -0.3 is 11.1 Å². The number of anilines is 2. The number of H-pyrrole nitrogens is 1. The molecule has 1 saturated carbocycles. The van der Waals surface area contributed by atoms with Crippen LogP contribution in [0.2, 0.25) is 10.0 Å². The van der Waals surface area contributed by atoms with E-state index in [0.29, 0.717) is 27.3 Å². The quantitative estimate of drug-likeness (QED) is 0.804. The van der Waals surface area contributed by atoms with Crippen LogP contribution in [0.4, 0.5) is 11.4 Å². The maximum Gasteiger partial charge on any atom is 0.278 e. The van der Waals surface area contributed by atoms with Crippen LogP contribution in [-0.4, -0.2) is 16.1 Å². The summed E-state index contributed by atoms with van der Waals surface area (Å²) in [5.41, 5.74) is 8.59. The fraction of sp³-hybridized carbons (Fsp3) is 0.286. The monoisotopic (exact) mass is 324 g/mol. The molecule has 0 aliphatic heterocycles. The summed E-state index contributed by atoms with van der Waals surface area (Å²) in [6.45, 7) is 1.84. The van der Waals surface area contributed by atoms with Crippen LogP contribution in [0.5, 0.6) is 0 Å². The zero-order valence-corrected chi connectivity index (χ0v) is 12.8. The van der Waals surface area contributed by atoms with Gasteiger partial charge in [0.05, 0.1) is 27.1 Å². The number of hydrogen-bond acceptors (Lipinski definition) is 3. The highest BCUT2D eigenvalue weighted by atomic mass is 35.5. The van der Waals surface area contributed by atoms with Gasteiger partial charge in [0, 0.05) is 5.92 Å². The molecule has 1 amide bonds. The van der Waals surface area contributed by atoms with Crippen molar-refractivity contribution in [2.24, 2.45) is 0 Å². The van der Waals surface area contributed by atoms with Crippen molar-refractivity contribution >= 4 is 40.5 Å². The fourth-order valence-corrected chi connectivity index (χ4v) is 2.63.